The van der Waals surface area contributed by atoms with Gasteiger partial charge in [-0.3, -0.25) is 4.79 Å². The highest BCUT2D eigenvalue weighted by Crippen LogP contribution is 2.10. The van der Waals surface area contributed by atoms with Crippen LogP contribution in [0.1, 0.15) is 32.1 Å². The Labute approximate surface area is 111 Å². The molecule has 7 nitrogen and oxygen atoms in total. The number of allylic oxidation sites excluding steroid dienone is 1. The van der Waals surface area contributed by atoms with E-state index >= 15 is 0 Å². The van der Waals surface area contributed by atoms with Crippen molar-refractivity contribution in [2.75, 3.05) is 0 Å². The molecular weight excluding hydrogens is 250 g/mol. The second kappa shape index (κ2) is 7.40. The minimum absolute atomic E-state index is 0.0113. The Morgan fingerprint density at radius 2 is 2.11 bits per heavy atom. The average molecular weight is 269 g/mol. The summed E-state index contributed by atoms with van der Waals surface area (Å²) in [5.74, 6) is -1.77. The Kier molecular flexibility index (Phi) is 5.84. The standard InChI is InChI=1S/C12H19N3O4/c13-10(16)7-6-9(11(17)18)15-12(19)14-8-4-2-1-3-5-8/h1-2,8-9H,3-7H2,(H2,13,16)(H,17,18)(H2,14,15,19)/t8?,9-/m0/s1. The molecule has 0 heterocycles. The van der Waals surface area contributed by atoms with Crippen molar-refractivity contribution in [1.82, 2.24) is 10.6 Å². The van der Waals surface area contributed by atoms with E-state index in [9.17, 15) is 14.4 Å². The molecule has 3 amide bonds. The van der Waals surface area contributed by atoms with Gasteiger partial charge in [0.15, 0.2) is 0 Å². The summed E-state index contributed by atoms with van der Waals surface area (Å²) in [7, 11) is 0. The lowest BCUT2D eigenvalue weighted by Gasteiger charge is -2.21. The summed E-state index contributed by atoms with van der Waals surface area (Å²) in [4.78, 5) is 33.2. The summed E-state index contributed by atoms with van der Waals surface area (Å²) in [6.45, 7) is 0. The van der Waals surface area contributed by atoms with E-state index in [0.717, 1.165) is 19.3 Å². The molecule has 2 atom stereocenters. The average Bonchev–Trinajstić information content (AvgIpc) is 2.35. The number of nitrogens with two attached hydrogens (primary N) is 1. The van der Waals surface area contributed by atoms with Crippen LogP contribution in [0.4, 0.5) is 4.79 Å². The number of urea groups is 1. The maximum atomic E-state index is 11.6. The van der Waals surface area contributed by atoms with E-state index in [1.54, 1.807) is 0 Å². The molecule has 106 valence electrons. The van der Waals surface area contributed by atoms with Crippen LogP contribution in [0.5, 0.6) is 0 Å². The second-order valence-corrected chi connectivity index (χ2v) is 4.49. The summed E-state index contributed by atoms with van der Waals surface area (Å²) in [6.07, 6.45) is 6.41. The Balaban J connectivity index is 2.39. The van der Waals surface area contributed by atoms with Gasteiger partial charge in [0.2, 0.25) is 5.91 Å². The van der Waals surface area contributed by atoms with Crippen molar-refractivity contribution in [3.05, 3.63) is 12.2 Å². The zero-order valence-electron chi connectivity index (χ0n) is 10.6. The van der Waals surface area contributed by atoms with Crippen molar-refractivity contribution in [2.24, 2.45) is 5.73 Å². The van der Waals surface area contributed by atoms with Crippen molar-refractivity contribution in [2.45, 2.75) is 44.2 Å². The molecule has 1 rings (SSSR count). The number of carboxylic acid groups (broad SMARTS) is 1. The van der Waals surface area contributed by atoms with Crippen LogP contribution >= 0.6 is 0 Å². The Morgan fingerprint density at radius 1 is 1.37 bits per heavy atom. The SMILES string of the molecule is NC(=O)CC[C@H](NC(=O)NC1CC=CCC1)C(=O)O. The fourth-order valence-corrected chi connectivity index (χ4v) is 1.85. The topological polar surface area (TPSA) is 122 Å². The lowest BCUT2D eigenvalue weighted by atomic mass is 10.0. The molecule has 0 aromatic carbocycles. The summed E-state index contributed by atoms with van der Waals surface area (Å²) in [5.41, 5.74) is 4.95. The summed E-state index contributed by atoms with van der Waals surface area (Å²) >= 11 is 0. The third kappa shape index (κ3) is 5.89. The van der Waals surface area contributed by atoms with Crippen molar-refractivity contribution in [1.29, 1.82) is 0 Å². The summed E-state index contributed by atoms with van der Waals surface area (Å²) in [6, 6.07) is -1.61. The molecule has 1 unspecified atom stereocenters. The molecule has 0 bridgehead atoms. The summed E-state index contributed by atoms with van der Waals surface area (Å²) < 4.78 is 0. The van der Waals surface area contributed by atoms with Crippen molar-refractivity contribution in [3.63, 3.8) is 0 Å². The molecule has 1 aliphatic rings. The minimum Gasteiger partial charge on any atom is -0.480 e. The van der Waals surface area contributed by atoms with E-state index in [1.807, 2.05) is 12.2 Å². The fourth-order valence-electron chi connectivity index (χ4n) is 1.85. The number of carbonyl (C=O) groups excluding carboxylic acids is 2. The smallest absolute Gasteiger partial charge is 0.326 e. The predicted octanol–water partition coefficient (Wildman–Crippen LogP) is 0.113. The van der Waals surface area contributed by atoms with E-state index in [1.165, 1.54) is 0 Å². The second-order valence-electron chi connectivity index (χ2n) is 4.49. The number of amides is 3. The third-order valence-electron chi connectivity index (χ3n) is 2.89. The van der Waals surface area contributed by atoms with Gasteiger partial charge in [-0.1, -0.05) is 12.2 Å². The van der Waals surface area contributed by atoms with Gasteiger partial charge in [-0.25, -0.2) is 9.59 Å². The molecule has 0 saturated heterocycles. The van der Waals surface area contributed by atoms with Crippen LogP contribution in [-0.4, -0.2) is 35.1 Å². The molecule has 0 aromatic rings. The molecule has 0 fully saturated rings. The quantitative estimate of drug-likeness (QED) is 0.511. The van der Waals surface area contributed by atoms with Gasteiger partial charge in [0, 0.05) is 12.5 Å². The van der Waals surface area contributed by atoms with Gasteiger partial charge in [-0.2, -0.15) is 0 Å². The molecule has 0 radical (unpaired) electrons. The van der Waals surface area contributed by atoms with Gasteiger partial charge < -0.3 is 21.5 Å². The Bertz CT molecular complexity index is 381. The maximum Gasteiger partial charge on any atom is 0.326 e. The zero-order chi connectivity index (χ0) is 14.3. The molecule has 0 saturated carbocycles. The van der Waals surface area contributed by atoms with Crippen molar-refractivity contribution < 1.29 is 19.5 Å². The number of hydrogen-bond acceptors (Lipinski definition) is 3. The number of nitrogens with one attached hydrogen (secondary N) is 2. The first-order chi connectivity index (χ1) is 8.99. The van der Waals surface area contributed by atoms with Crippen LogP contribution < -0.4 is 16.4 Å². The van der Waals surface area contributed by atoms with E-state index in [4.69, 9.17) is 10.8 Å². The molecule has 5 N–H and O–H groups in total. The first-order valence-corrected chi connectivity index (χ1v) is 6.22. The number of primary amides is 1. The first kappa shape index (κ1) is 15.0. The highest BCUT2D eigenvalue weighted by molar-refractivity contribution is 5.83. The zero-order valence-corrected chi connectivity index (χ0v) is 10.6. The van der Waals surface area contributed by atoms with Gasteiger partial charge in [-0.15, -0.1) is 0 Å². The highest BCUT2D eigenvalue weighted by Gasteiger charge is 2.21. The first-order valence-electron chi connectivity index (χ1n) is 6.22. The molecule has 7 heteroatoms. The third-order valence-corrected chi connectivity index (χ3v) is 2.89. The lowest BCUT2D eigenvalue weighted by Crippen LogP contribution is -2.49. The maximum absolute atomic E-state index is 11.6. The van der Waals surface area contributed by atoms with Gasteiger partial charge in [0.25, 0.3) is 0 Å². The van der Waals surface area contributed by atoms with Crippen LogP contribution in [0.25, 0.3) is 0 Å². The number of carboxylic acids is 1. The van der Waals surface area contributed by atoms with E-state index < -0.39 is 23.9 Å². The van der Waals surface area contributed by atoms with Gasteiger partial charge in [0.1, 0.15) is 6.04 Å². The van der Waals surface area contributed by atoms with Crippen LogP contribution in [-0.2, 0) is 9.59 Å². The number of rotatable bonds is 6. The largest absolute Gasteiger partial charge is 0.480 e. The number of aliphatic carboxylic acids is 1. The summed E-state index contributed by atoms with van der Waals surface area (Å²) in [5, 5.41) is 14.0. The van der Waals surface area contributed by atoms with Crippen molar-refractivity contribution >= 4 is 17.9 Å². The molecule has 1 aliphatic carbocycles. The van der Waals surface area contributed by atoms with Gasteiger partial charge in [-0.05, 0) is 25.7 Å². The highest BCUT2D eigenvalue weighted by atomic mass is 16.4. The predicted molar refractivity (Wildman–Crippen MR) is 68.3 cm³/mol. The van der Waals surface area contributed by atoms with Crippen molar-refractivity contribution in [3.8, 4) is 0 Å². The van der Waals surface area contributed by atoms with Gasteiger partial charge >= 0.3 is 12.0 Å². The molecular formula is C12H19N3O4. The van der Waals surface area contributed by atoms with Crippen LogP contribution in [0.3, 0.4) is 0 Å². The molecule has 0 aromatic heterocycles. The number of carbonyl (C=O) groups is 3. The van der Waals surface area contributed by atoms with E-state index in [-0.39, 0.29) is 18.9 Å². The molecule has 0 spiro atoms. The molecule has 19 heavy (non-hydrogen) atoms. The Hall–Kier alpha value is -2.05. The normalized spacial score (nSPS) is 19.5. The Morgan fingerprint density at radius 3 is 2.63 bits per heavy atom. The van der Waals surface area contributed by atoms with E-state index in [2.05, 4.69) is 10.6 Å². The van der Waals surface area contributed by atoms with E-state index in [0.29, 0.717) is 0 Å². The van der Waals surface area contributed by atoms with Crippen LogP contribution in [0.2, 0.25) is 0 Å². The lowest BCUT2D eigenvalue weighted by molar-refractivity contribution is -0.139. The van der Waals surface area contributed by atoms with Crippen LogP contribution in [0.15, 0.2) is 12.2 Å². The fraction of sp³-hybridized carbons (Fsp3) is 0.583. The minimum atomic E-state index is -1.18. The van der Waals surface area contributed by atoms with Crippen LogP contribution in [0, 0.1) is 0 Å². The molecule has 0 aliphatic heterocycles. The van der Waals surface area contributed by atoms with Gasteiger partial charge in [0.05, 0.1) is 0 Å². The number of hydrogen-bond donors (Lipinski definition) is 4. The monoisotopic (exact) mass is 269 g/mol.